The highest BCUT2D eigenvalue weighted by molar-refractivity contribution is 5.86. The van der Waals surface area contributed by atoms with E-state index in [0.29, 0.717) is 0 Å². The van der Waals surface area contributed by atoms with E-state index in [1.165, 1.54) is 17.2 Å². The number of carboxylic acid groups (broad SMARTS) is 1. The Balaban J connectivity index is 0.000000164. The van der Waals surface area contributed by atoms with E-state index in [9.17, 15) is 9.18 Å². The van der Waals surface area contributed by atoms with E-state index in [0.717, 1.165) is 6.20 Å². The Kier molecular flexibility index (Phi) is 3.07. The summed E-state index contributed by atoms with van der Waals surface area (Å²) in [6.45, 7) is 0. The molecule has 2 aliphatic rings. The second-order valence-electron chi connectivity index (χ2n) is 3.55. The normalized spacial score (nSPS) is 9.78. The van der Waals surface area contributed by atoms with E-state index >= 15 is 0 Å². The van der Waals surface area contributed by atoms with E-state index in [4.69, 9.17) is 11.5 Å². The topological polar surface area (TPSA) is 50.2 Å². The summed E-state index contributed by atoms with van der Waals surface area (Å²) in [6.07, 6.45) is 6.06. The van der Waals surface area contributed by atoms with Crippen LogP contribution in [0.4, 0.5) is 4.39 Å². The second kappa shape index (κ2) is 4.68. The van der Waals surface area contributed by atoms with Gasteiger partial charge in [-0.3, -0.25) is 0 Å². The zero-order chi connectivity index (χ0) is 13.1. The van der Waals surface area contributed by atoms with Crippen molar-refractivity contribution in [2.45, 2.75) is 0 Å². The first-order valence-corrected chi connectivity index (χ1v) is 5.08. The first-order valence-electron chi connectivity index (χ1n) is 5.08. The lowest BCUT2D eigenvalue weighted by molar-refractivity contribution is 0.0685. The fourth-order valence-electron chi connectivity index (χ4n) is 1.38. The maximum Gasteiger partial charge on any atom is 0.357 e. The number of nitrogens with zero attached hydrogens (tertiary/aromatic N) is 1. The largest absolute Gasteiger partial charge is 0.476 e. The van der Waals surface area contributed by atoms with Gasteiger partial charge in [0.25, 0.3) is 0 Å². The minimum absolute atomic E-state index is 0.0950. The van der Waals surface area contributed by atoms with Crippen LogP contribution in [0.1, 0.15) is 16.1 Å². The van der Waals surface area contributed by atoms with Crippen LogP contribution in [0.15, 0.2) is 36.5 Å². The fourth-order valence-corrected chi connectivity index (χ4v) is 1.38. The third-order valence-electron chi connectivity index (χ3n) is 2.36. The Hall–Kier alpha value is -2.67. The Morgan fingerprint density at radius 3 is 2.39 bits per heavy atom. The number of fused-ring (bicyclic) bond motifs is 1. The van der Waals surface area contributed by atoms with Gasteiger partial charge < -0.3 is 5.11 Å². The van der Waals surface area contributed by atoms with E-state index in [1.54, 1.807) is 0 Å². The van der Waals surface area contributed by atoms with E-state index in [-0.39, 0.29) is 5.56 Å². The molecule has 0 amide bonds. The van der Waals surface area contributed by atoms with Crippen LogP contribution < -0.4 is 0 Å². The number of aromatic nitrogens is 1. The van der Waals surface area contributed by atoms with Crippen molar-refractivity contribution >= 4 is 5.97 Å². The van der Waals surface area contributed by atoms with E-state index < -0.39 is 17.5 Å². The number of halogens is 1. The molecule has 1 aromatic rings. The molecule has 3 rings (SSSR count). The van der Waals surface area contributed by atoms with Crippen LogP contribution in [-0.4, -0.2) is 16.1 Å². The van der Waals surface area contributed by atoms with Crippen molar-refractivity contribution < 1.29 is 14.3 Å². The third-order valence-corrected chi connectivity index (χ3v) is 2.36. The molecular formula is C14H8FNO2. The molecule has 1 aromatic heterocycles. The van der Waals surface area contributed by atoms with Crippen molar-refractivity contribution in [3.05, 3.63) is 53.6 Å². The molecule has 18 heavy (non-hydrogen) atoms. The van der Waals surface area contributed by atoms with E-state index in [2.05, 4.69) is 29.2 Å². The summed E-state index contributed by atoms with van der Waals surface area (Å²) in [5.74, 6) is -0.379. The molecule has 0 unspecified atom stereocenters. The van der Waals surface area contributed by atoms with Gasteiger partial charge in [-0.15, -0.1) is 6.42 Å². The maximum absolute atomic E-state index is 12.9. The van der Waals surface area contributed by atoms with Gasteiger partial charge in [-0.2, -0.15) is 0 Å². The molecule has 0 fully saturated rings. The number of pyridine rings is 1. The minimum atomic E-state index is -1.43. The number of rotatable bonds is 1. The molecule has 0 aromatic carbocycles. The van der Waals surface area contributed by atoms with Gasteiger partial charge in [-0.25, -0.2) is 14.2 Å². The summed E-state index contributed by atoms with van der Waals surface area (Å²) in [6, 6.07) is 9.72. The number of carbonyl (C=O) groups is 1. The monoisotopic (exact) mass is 241 g/mol. The first-order chi connectivity index (χ1) is 8.63. The molecule has 0 spiro atoms. The summed E-state index contributed by atoms with van der Waals surface area (Å²) in [7, 11) is 0. The third kappa shape index (κ3) is 2.36. The van der Waals surface area contributed by atoms with Crippen LogP contribution in [0.5, 0.6) is 0 Å². The van der Waals surface area contributed by atoms with Gasteiger partial charge in [-0.05, 0) is 23.3 Å². The Morgan fingerprint density at radius 1 is 1.33 bits per heavy atom. The van der Waals surface area contributed by atoms with Crippen LogP contribution in [0.3, 0.4) is 0 Å². The molecule has 88 valence electrons. The summed E-state index contributed by atoms with van der Waals surface area (Å²) in [5, 5.41) is 8.41. The smallest absolute Gasteiger partial charge is 0.357 e. The molecule has 0 saturated heterocycles. The van der Waals surface area contributed by atoms with Crippen molar-refractivity contribution in [2.75, 3.05) is 0 Å². The quantitative estimate of drug-likeness (QED) is 0.666. The molecule has 0 radical (unpaired) electrons. The lowest BCUT2D eigenvalue weighted by atomic mass is 10.2. The molecule has 2 aliphatic carbocycles. The molecule has 1 heterocycles. The summed E-state index contributed by atoms with van der Waals surface area (Å²) >= 11 is 0. The van der Waals surface area contributed by atoms with Crippen molar-refractivity contribution in [3.8, 4) is 23.5 Å². The van der Waals surface area contributed by atoms with Gasteiger partial charge in [0.05, 0.1) is 5.56 Å². The highest BCUT2D eigenvalue weighted by atomic mass is 19.1. The lowest BCUT2D eigenvalue weighted by Gasteiger charge is -1.96. The molecule has 1 N–H and O–H groups in total. The minimum Gasteiger partial charge on any atom is -0.476 e. The molecule has 4 heteroatoms. The molecule has 3 nitrogen and oxygen atoms in total. The van der Waals surface area contributed by atoms with Gasteiger partial charge in [0.2, 0.25) is 0 Å². The van der Waals surface area contributed by atoms with Gasteiger partial charge in [-0.1, -0.05) is 24.1 Å². The Bertz CT molecular complexity index is 642. The predicted molar refractivity (Wildman–Crippen MR) is 64.5 cm³/mol. The number of hydrogen-bond acceptors (Lipinski definition) is 2. The summed E-state index contributed by atoms with van der Waals surface area (Å²) in [4.78, 5) is 13.6. The number of terminal acetylenes is 1. The van der Waals surface area contributed by atoms with Gasteiger partial charge in [0.1, 0.15) is 0 Å². The van der Waals surface area contributed by atoms with Crippen LogP contribution in [0.2, 0.25) is 0 Å². The zero-order valence-electron chi connectivity index (χ0n) is 9.22. The fraction of sp³-hybridized carbons (Fsp3) is 0. The molecular weight excluding hydrogens is 233 g/mol. The molecule has 0 saturated carbocycles. The van der Waals surface area contributed by atoms with E-state index in [1.807, 2.05) is 5.92 Å². The SMILES string of the molecule is C#Cc1ccnc(C(=O)O)c1F.c1cc2cc-2c1. The van der Waals surface area contributed by atoms with Crippen LogP contribution in [-0.2, 0) is 0 Å². The summed E-state index contributed by atoms with van der Waals surface area (Å²) in [5.41, 5.74) is 2.11. The van der Waals surface area contributed by atoms with Crippen molar-refractivity contribution in [1.82, 2.24) is 4.98 Å². The zero-order valence-corrected chi connectivity index (χ0v) is 9.22. The standard InChI is InChI=1S/C8H4FNO2.C6H4/c1-2-5-3-4-10-7(6(5)9)8(11)12;1-2-5-4-6(5)3-1/h1,3-4H,(H,11,12);1-4H. The Labute approximate surface area is 103 Å². The van der Waals surface area contributed by atoms with Gasteiger partial charge in [0.15, 0.2) is 11.5 Å². The highest BCUT2D eigenvalue weighted by Gasteiger charge is 2.13. The highest BCUT2D eigenvalue weighted by Crippen LogP contribution is 2.32. The van der Waals surface area contributed by atoms with Gasteiger partial charge >= 0.3 is 5.97 Å². The van der Waals surface area contributed by atoms with Crippen LogP contribution >= 0.6 is 0 Å². The average molecular weight is 241 g/mol. The molecule has 0 bridgehead atoms. The average Bonchev–Trinajstić information content (AvgIpc) is 2.97. The van der Waals surface area contributed by atoms with Crippen LogP contribution in [0, 0.1) is 18.2 Å². The maximum atomic E-state index is 12.9. The predicted octanol–water partition coefficient (Wildman–Crippen LogP) is 2.57. The van der Waals surface area contributed by atoms with Crippen LogP contribution in [0.25, 0.3) is 11.1 Å². The van der Waals surface area contributed by atoms with Gasteiger partial charge in [0, 0.05) is 6.20 Å². The van der Waals surface area contributed by atoms with Crippen molar-refractivity contribution in [1.29, 1.82) is 0 Å². The number of aromatic carboxylic acids is 1. The second-order valence-corrected chi connectivity index (χ2v) is 3.55. The first kappa shape index (κ1) is 11.8. The summed E-state index contributed by atoms with van der Waals surface area (Å²) < 4.78 is 12.9. The lowest BCUT2D eigenvalue weighted by Crippen LogP contribution is -2.05. The Morgan fingerprint density at radius 2 is 2.00 bits per heavy atom. The number of benzene rings is 1. The van der Waals surface area contributed by atoms with Crippen molar-refractivity contribution in [3.63, 3.8) is 0 Å². The number of carboxylic acids is 1. The van der Waals surface area contributed by atoms with Crippen molar-refractivity contribution in [2.24, 2.45) is 0 Å². The number of hydrogen-bond donors (Lipinski definition) is 1. The molecule has 0 atom stereocenters. The molecule has 0 aliphatic heterocycles.